The zero-order chi connectivity index (χ0) is 11.4. The SMILES string of the molecule is CCCC(NC(C)(C)C)NC(C)(C)C. The Labute approximate surface area is 89.9 Å². The van der Waals surface area contributed by atoms with Gasteiger partial charge in [0.15, 0.2) is 0 Å². The van der Waals surface area contributed by atoms with Gasteiger partial charge in [-0.05, 0) is 48.0 Å². The highest BCUT2D eigenvalue weighted by Crippen LogP contribution is 2.08. The van der Waals surface area contributed by atoms with Crippen molar-refractivity contribution in [2.24, 2.45) is 0 Å². The van der Waals surface area contributed by atoms with Crippen molar-refractivity contribution in [3.8, 4) is 0 Å². The zero-order valence-corrected chi connectivity index (χ0v) is 11.0. The van der Waals surface area contributed by atoms with E-state index in [0.717, 1.165) is 0 Å². The molecule has 86 valence electrons. The summed E-state index contributed by atoms with van der Waals surface area (Å²) in [6.45, 7) is 15.5. The van der Waals surface area contributed by atoms with E-state index in [1.807, 2.05) is 0 Å². The minimum Gasteiger partial charge on any atom is -0.297 e. The Balaban J connectivity index is 4.16. The van der Waals surface area contributed by atoms with Crippen LogP contribution >= 0.6 is 0 Å². The molecule has 0 aliphatic carbocycles. The van der Waals surface area contributed by atoms with E-state index < -0.39 is 0 Å². The van der Waals surface area contributed by atoms with Crippen LogP contribution in [0.25, 0.3) is 0 Å². The standard InChI is InChI=1S/C12H28N2/c1-8-9-10(13-11(2,3)4)14-12(5,6)7/h10,13-14H,8-9H2,1-7H3. The molecule has 2 N–H and O–H groups in total. The lowest BCUT2D eigenvalue weighted by atomic mass is 10.0. The van der Waals surface area contributed by atoms with E-state index in [1.165, 1.54) is 12.8 Å². The lowest BCUT2D eigenvalue weighted by Crippen LogP contribution is -2.56. The molecule has 0 spiro atoms. The Bertz CT molecular complexity index is 135. The van der Waals surface area contributed by atoms with Gasteiger partial charge >= 0.3 is 0 Å². The minimum absolute atomic E-state index is 0.179. The number of hydrogen-bond donors (Lipinski definition) is 2. The molecule has 0 rings (SSSR count). The molecule has 0 saturated carbocycles. The fraction of sp³-hybridized carbons (Fsp3) is 1.00. The van der Waals surface area contributed by atoms with Crippen LogP contribution in [0.2, 0.25) is 0 Å². The predicted octanol–water partition coefficient (Wildman–Crippen LogP) is 2.89. The van der Waals surface area contributed by atoms with Gasteiger partial charge in [-0.25, -0.2) is 0 Å². The Morgan fingerprint density at radius 3 is 1.43 bits per heavy atom. The van der Waals surface area contributed by atoms with Crippen LogP contribution in [0.5, 0.6) is 0 Å². The lowest BCUT2D eigenvalue weighted by Gasteiger charge is -2.34. The van der Waals surface area contributed by atoms with Gasteiger partial charge in [0.1, 0.15) is 0 Å². The predicted molar refractivity (Wildman–Crippen MR) is 64.5 cm³/mol. The van der Waals surface area contributed by atoms with Crippen molar-refractivity contribution in [3.63, 3.8) is 0 Å². The topological polar surface area (TPSA) is 24.1 Å². The first kappa shape index (κ1) is 13.9. The second kappa shape index (κ2) is 5.13. The highest BCUT2D eigenvalue weighted by molar-refractivity contribution is 4.81. The van der Waals surface area contributed by atoms with Crippen LogP contribution in [0.15, 0.2) is 0 Å². The largest absolute Gasteiger partial charge is 0.297 e. The summed E-state index contributed by atoms with van der Waals surface area (Å²) in [5, 5.41) is 7.21. The Morgan fingerprint density at radius 1 is 0.857 bits per heavy atom. The van der Waals surface area contributed by atoms with Crippen molar-refractivity contribution in [2.45, 2.75) is 78.6 Å². The lowest BCUT2D eigenvalue weighted by molar-refractivity contribution is 0.251. The fourth-order valence-corrected chi connectivity index (χ4v) is 1.51. The first-order valence-corrected chi connectivity index (χ1v) is 5.69. The van der Waals surface area contributed by atoms with Crippen LogP contribution in [0.3, 0.4) is 0 Å². The smallest absolute Gasteiger partial charge is 0.0579 e. The maximum absolute atomic E-state index is 3.60. The molecule has 0 unspecified atom stereocenters. The van der Waals surface area contributed by atoms with Crippen molar-refractivity contribution < 1.29 is 0 Å². The van der Waals surface area contributed by atoms with E-state index in [0.29, 0.717) is 6.17 Å². The van der Waals surface area contributed by atoms with Crippen molar-refractivity contribution in [1.82, 2.24) is 10.6 Å². The van der Waals surface area contributed by atoms with Crippen LogP contribution in [-0.2, 0) is 0 Å². The molecule has 0 aromatic carbocycles. The Hall–Kier alpha value is -0.0800. The summed E-state index contributed by atoms with van der Waals surface area (Å²) in [6, 6.07) is 0. The molecule has 0 radical (unpaired) electrons. The molecule has 14 heavy (non-hydrogen) atoms. The molecule has 0 aliphatic heterocycles. The van der Waals surface area contributed by atoms with Crippen LogP contribution in [0.4, 0.5) is 0 Å². The maximum atomic E-state index is 3.60. The van der Waals surface area contributed by atoms with Crippen LogP contribution in [0, 0.1) is 0 Å². The summed E-state index contributed by atoms with van der Waals surface area (Å²) in [5.41, 5.74) is 0.357. The monoisotopic (exact) mass is 200 g/mol. The molecule has 2 nitrogen and oxygen atoms in total. The third-order valence-corrected chi connectivity index (χ3v) is 1.79. The van der Waals surface area contributed by atoms with Crippen LogP contribution in [-0.4, -0.2) is 17.2 Å². The first-order chi connectivity index (χ1) is 6.14. The molecule has 0 fully saturated rings. The first-order valence-electron chi connectivity index (χ1n) is 5.69. The van der Waals surface area contributed by atoms with E-state index in [-0.39, 0.29) is 11.1 Å². The van der Waals surface area contributed by atoms with Gasteiger partial charge in [0.05, 0.1) is 6.17 Å². The van der Waals surface area contributed by atoms with E-state index in [4.69, 9.17) is 0 Å². The van der Waals surface area contributed by atoms with Crippen molar-refractivity contribution in [1.29, 1.82) is 0 Å². The molecule has 0 amide bonds. The number of hydrogen-bond acceptors (Lipinski definition) is 2. The summed E-state index contributed by atoms with van der Waals surface area (Å²) < 4.78 is 0. The van der Waals surface area contributed by atoms with Gasteiger partial charge in [-0.1, -0.05) is 13.3 Å². The number of rotatable bonds is 4. The van der Waals surface area contributed by atoms with E-state index in [2.05, 4.69) is 59.1 Å². The molecular formula is C12H28N2. The highest BCUT2D eigenvalue weighted by atomic mass is 15.2. The molecule has 2 heteroatoms. The zero-order valence-electron chi connectivity index (χ0n) is 11.0. The van der Waals surface area contributed by atoms with Crippen molar-refractivity contribution in [3.05, 3.63) is 0 Å². The second-order valence-electron chi connectivity index (χ2n) is 6.13. The average molecular weight is 200 g/mol. The van der Waals surface area contributed by atoms with Crippen LogP contribution < -0.4 is 10.6 Å². The third kappa shape index (κ3) is 8.52. The summed E-state index contributed by atoms with van der Waals surface area (Å²) in [6.07, 6.45) is 2.80. The Kier molecular flexibility index (Phi) is 5.10. The molecule has 0 aliphatic rings. The summed E-state index contributed by atoms with van der Waals surface area (Å²) in [4.78, 5) is 0. The van der Waals surface area contributed by atoms with Gasteiger partial charge in [-0.15, -0.1) is 0 Å². The van der Waals surface area contributed by atoms with Gasteiger partial charge < -0.3 is 0 Å². The van der Waals surface area contributed by atoms with E-state index >= 15 is 0 Å². The minimum atomic E-state index is 0.179. The molecule has 0 atom stereocenters. The van der Waals surface area contributed by atoms with Crippen molar-refractivity contribution in [2.75, 3.05) is 0 Å². The summed E-state index contributed by atoms with van der Waals surface area (Å²) >= 11 is 0. The third-order valence-electron chi connectivity index (χ3n) is 1.79. The average Bonchev–Trinajstić information content (AvgIpc) is 1.78. The van der Waals surface area contributed by atoms with Gasteiger partial charge in [-0.2, -0.15) is 0 Å². The fourth-order valence-electron chi connectivity index (χ4n) is 1.51. The maximum Gasteiger partial charge on any atom is 0.0579 e. The molecule has 0 aromatic heterocycles. The molecule has 0 heterocycles. The quantitative estimate of drug-likeness (QED) is 0.682. The van der Waals surface area contributed by atoms with Gasteiger partial charge in [-0.3, -0.25) is 10.6 Å². The van der Waals surface area contributed by atoms with Crippen LogP contribution in [0.1, 0.15) is 61.3 Å². The van der Waals surface area contributed by atoms with E-state index in [1.54, 1.807) is 0 Å². The molecule has 0 bridgehead atoms. The highest BCUT2D eigenvalue weighted by Gasteiger charge is 2.20. The Morgan fingerprint density at radius 2 is 1.21 bits per heavy atom. The van der Waals surface area contributed by atoms with Gasteiger partial charge in [0, 0.05) is 11.1 Å². The van der Waals surface area contributed by atoms with Gasteiger partial charge in [0.2, 0.25) is 0 Å². The summed E-state index contributed by atoms with van der Waals surface area (Å²) in [7, 11) is 0. The number of nitrogens with one attached hydrogen (secondary N) is 2. The summed E-state index contributed by atoms with van der Waals surface area (Å²) in [5.74, 6) is 0. The molecule has 0 saturated heterocycles. The van der Waals surface area contributed by atoms with E-state index in [9.17, 15) is 0 Å². The van der Waals surface area contributed by atoms with Gasteiger partial charge in [0.25, 0.3) is 0 Å². The van der Waals surface area contributed by atoms with Crippen molar-refractivity contribution >= 4 is 0 Å². The normalized spacial score (nSPS) is 13.7. The second-order valence-corrected chi connectivity index (χ2v) is 6.13. The molecular weight excluding hydrogens is 172 g/mol. The molecule has 0 aromatic rings.